The predicted molar refractivity (Wildman–Crippen MR) is 88.0 cm³/mol. The van der Waals surface area contributed by atoms with Crippen LogP contribution in [0.5, 0.6) is 0 Å². The van der Waals surface area contributed by atoms with Gasteiger partial charge in [0.15, 0.2) is 0 Å². The summed E-state index contributed by atoms with van der Waals surface area (Å²) in [6.07, 6.45) is 3.42. The summed E-state index contributed by atoms with van der Waals surface area (Å²) in [4.78, 5) is 24.5. The fourth-order valence-corrected chi connectivity index (χ4v) is 488. The van der Waals surface area contributed by atoms with Gasteiger partial charge in [-0.2, -0.15) is 0 Å². The molecule has 2 amide bonds. The Morgan fingerprint density at radius 2 is 1.54 bits per heavy atom. The molecule has 0 aromatic carbocycles. The number of halogens is 2. The van der Waals surface area contributed by atoms with Crippen molar-refractivity contribution in [3.05, 3.63) is 0 Å². The number of hydrogen-bond donors (Lipinski definition) is 2. The molecule has 2 atom stereocenters. The van der Waals surface area contributed by atoms with E-state index in [0.29, 0.717) is 12.8 Å². The van der Waals surface area contributed by atoms with E-state index in [-0.39, 0.29) is 24.6 Å². The van der Waals surface area contributed by atoms with Gasteiger partial charge in [0.2, 0.25) is 0 Å². The van der Waals surface area contributed by atoms with Crippen LogP contribution in [0.4, 0.5) is 0 Å². The van der Waals surface area contributed by atoms with E-state index in [2.05, 4.69) is 35.3 Å². The molecule has 146 valence electrons. The summed E-state index contributed by atoms with van der Waals surface area (Å²) in [5.74, 6) is 0.244. The summed E-state index contributed by atoms with van der Waals surface area (Å²) < 4.78 is 8.34. The van der Waals surface area contributed by atoms with Crippen LogP contribution in [0.1, 0.15) is 67.2 Å². The molecule has 2 N–H and O–H groups in total. The molecule has 0 aromatic heterocycles. The van der Waals surface area contributed by atoms with Crippen LogP contribution in [-0.2, 0) is 76.7 Å². The average molecular weight is 617 g/mol. The Kier molecular flexibility index (Phi) is 12.4. The maximum atomic E-state index is 12.3. The molecule has 1 rings (SSSR count). The van der Waals surface area contributed by atoms with Crippen molar-refractivity contribution in [3.8, 4) is 0 Å². The monoisotopic (exact) mass is 616 g/mol. The second-order valence-electron chi connectivity index (χ2n) is 7.05. The number of nitrogens with one attached hydrogen (secondary N) is 2. The molecule has 26 heavy (non-hydrogen) atoms. The summed E-state index contributed by atoms with van der Waals surface area (Å²) >= 11 is -2.78. The molecule has 0 spiro atoms. The van der Waals surface area contributed by atoms with E-state index in [1.165, 1.54) is 12.8 Å². The van der Waals surface area contributed by atoms with Gasteiger partial charge in [0.25, 0.3) is 0 Å². The zero-order valence-electron chi connectivity index (χ0n) is 16.6. The minimum absolute atomic E-state index is 0.0466. The normalized spacial score (nSPS) is 27.4. The zero-order valence-corrected chi connectivity index (χ0v) is 27.4. The fourth-order valence-electron chi connectivity index (χ4n) is 3.19. The number of carbonyl (C=O) groups is 2. The van der Waals surface area contributed by atoms with Crippen LogP contribution in [-0.4, -0.2) is 11.8 Å². The molecule has 4 nitrogen and oxygen atoms in total. The van der Waals surface area contributed by atoms with Gasteiger partial charge < -0.3 is 0 Å². The first kappa shape index (κ1) is 27.8. The molecule has 1 aliphatic heterocycles. The molecule has 1 aliphatic rings. The van der Waals surface area contributed by atoms with Crippen molar-refractivity contribution in [2.24, 2.45) is 0 Å². The summed E-state index contributed by atoms with van der Waals surface area (Å²) in [7, 11) is 8.69. The van der Waals surface area contributed by atoms with Crippen molar-refractivity contribution < 1.29 is 76.7 Å². The first-order valence-corrected chi connectivity index (χ1v) is 41.0. The molecule has 0 aliphatic carbocycles. The second-order valence-corrected chi connectivity index (χ2v) is 104. The third kappa shape index (κ3) is 7.44. The van der Waals surface area contributed by atoms with E-state index in [1.54, 1.807) is 0 Å². The van der Waals surface area contributed by atoms with Gasteiger partial charge >= 0.3 is 190 Å². The van der Waals surface area contributed by atoms with Crippen LogP contribution in [0.3, 0.4) is 0 Å². The Hall–Kier alpha value is 3.81. The molecular formula is C14H30Cl2N2O2Ti6. The minimum atomic E-state index is -3.89. The van der Waals surface area contributed by atoms with E-state index >= 15 is 0 Å². The summed E-state index contributed by atoms with van der Waals surface area (Å²) in [6, 6.07) is 0. The molecule has 0 bridgehead atoms. The summed E-state index contributed by atoms with van der Waals surface area (Å²) in [6.45, 7) is 13.3. The second kappa shape index (κ2) is 11.6. The van der Waals surface area contributed by atoms with E-state index in [9.17, 15) is 9.59 Å². The van der Waals surface area contributed by atoms with Crippen molar-refractivity contribution in [1.82, 2.24) is 7.60 Å². The molecule has 12 heteroatoms. The van der Waals surface area contributed by atoms with Crippen LogP contribution >= 0.6 is 18.6 Å². The number of amides is 2. The van der Waals surface area contributed by atoms with Gasteiger partial charge in [-0.15, -0.1) is 0 Å². The Balaban J connectivity index is 3.40. The van der Waals surface area contributed by atoms with Crippen LogP contribution < -0.4 is 7.60 Å². The van der Waals surface area contributed by atoms with Crippen molar-refractivity contribution in [1.29, 1.82) is 0 Å². The van der Waals surface area contributed by atoms with Crippen LogP contribution in [0.2, 0.25) is 8.45 Å². The van der Waals surface area contributed by atoms with Crippen molar-refractivity contribution >= 4 is 30.4 Å². The van der Waals surface area contributed by atoms with Crippen molar-refractivity contribution in [2.75, 3.05) is 0 Å². The number of rotatable bonds is 8. The molecule has 1 saturated heterocycles. The van der Waals surface area contributed by atoms with Crippen LogP contribution in [0, 0.1) is 0 Å². The van der Waals surface area contributed by atoms with Gasteiger partial charge in [-0.1, -0.05) is 0 Å². The van der Waals surface area contributed by atoms with Gasteiger partial charge in [0, 0.05) is 0 Å². The average Bonchev–Trinajstić information content (AvgIpc) is 2.57. The standard InChI is InChI=1S/2C4H9.2C3H7NO.2ClH.6Ti/c2*1-3-4-2;2*1-2-3(4)5;;;;;;;;/h2*3H,4H2,1-2H3;2*2H2,1H3,(H2,4,5);2*1H;;;;;;/q;;;;;;;;;;+1;+3/p-4. The maximum absolute atomic E-state index is 12.3. The molecule has 0 saturated carbocycles. The Morgan fingerprint density at radius 3 is 1.96 bits per heavy atom. The van der Waals surface area contributed by atoms with Crippen molar-refractivity contribution in [3.63, 3.8) is 0 Å². The first-order valence-electron chi connectivity index (χ1n) is 9.37. The summed E-state index contributed by atoms with van der Waals surface area (Å²) in [5, 5.41) is 0. The Morgan fingerprint density at radius 1 is 1.04 bits per heavy atom. The van der Waals surface area contributed by atoms with Gasteiger partial charge in [0.05, 0.1) is 0 Å². The fraction of sp³-hybridized carbons (Fsp3) is 0.857. The van der Waals surface area contributed by atoms with Crippen LogP contribution in [0.15, 0.2) is 0 Å². The predicted octanol–water partition coefficient (Wildman–Crippen LogP) is 4.83. The number of hydrogen-bond acceptors (Lipinski definition) is 2. The molecule has 0 radical (unpaired) electrons. The molecule has 1 heterocycles. The molecule has 2 unspecified atom stereocenters. The van der Waals surface area contributed by atoms with Crippen LogP contribution in [0.25, 0.3) is 0 Å². The molecular weight excluding hydrogens is 586 g/mol. The quantitative estimate of drug-likeness (QED) is 0.385. The third-order valence-corrected chi connectivity index (χ3v) is 215. The molecule has 1 fully saturated rings. The zero-order chi connectivity index (χ0) is 20.2. The van der Waals surface area contributed by atoms with E-state index in [4.69, 9.17) is 18.6 Å². The first-order chi connectivity index (χ1) is 11.9. The van der Waals surface area contributed by atoms with Crippen molar-refractivity contribution in [2.45, 2.75) is 75.7 Å². The van der Waals surface area contributed by atoms with E-state index in [0.717, 1.165) is 8.45 Å². The van der Waals surface area contributed by atoms with Gasteiger partial charge in [-0.05, 0) is 0 Å². The Bertz CT molecular complexity index is 530. The third-order valence-electron chi connectivity index (χ3n) is 5.15. The van der Waals surface area contributed by atoms with Gasteiger partial charge in [-0.3, -0.25) is 0 Å². The number of carbonyl (C=O) groups excluding carboxylic acids is 2. The summed E-state index contributed by atoms with van der Waals surface area (Å²) in [5.41, 5.74) is 0. The molecule has 0 aromatic rings. The topological polar surface area (TPSA) is 58.2 Å². The van der Waals surface area contributed by atoms with Gasteiger partial charge in [-0.25, -0.2) is 0 Å². The Labute approximate surface area is 186 Å². The van der Waals surface area contributed by atoms with E-state index < -0.39 is 54.4 Å². The van der Waals surface area contributed by atoms with Gasteiger partial charge in [0.1, 0.15) is 0 Å². The van der Waals surface area contributed by atoms with E-state index in [1.807, 2.05) is 13.8 Å². The SMILES string of the molecule is CCC(=O)[NH][Ti]1[Ti][Ti]([CH](C)CC)([CH](C)CC)[Ti][Ti]([Cl])([Cl])([NH]C(=O)CC)[Ti]1.